The van der Waals surface area contributed by atoms with Gasteiger partial charge in [0.1, 0.15) is 5.60 Å². The molecule has 0 unspecified atom stereocenters. The molecule has 0 atom stereocenters. The Morgan fingerprint density at radius 1 is 1.45 bits per heavy atom. The van der Waals surface area contributed by atoms with Crippen molar-refractivity contribution < 1.29 is 14.3 Å². The topological polar surface area (TPSA) is 53.3 Å². The summed E-state index contributed by atoms with van der Waals surface area (Å²) < 4.78 is 13.0. The molecule has 1 aromatic rings. The molecule has 0 bridgehead atoms. The van der Waals surface area contributed by atoms with Gasteiger partial charge in [0.05, 0.1) is 12.1 Å². The highest BCUT2D eigenvalue weighted by atomic mass is 16.5. The minimum atomic E-state index is -0.663. The van der Waals surface area contributed by atoms with Crippen LogP contribution in [0.15, 0.2) is 6.07 Å². The molecule has 1 aliphatic heterocycles. The number of hydrogen-bond donors (Lipinski definition) is 0. The Morgan fingerprint density at radius 3 is 2.70 bits per heavy atom. The van der Waals surface area contributed by atoms with Crippen molar-refractivity contribution in [3.8, 4) is 0 Å². The Balaban J connectivity index is 2.13. The lowest BCUT2D eigenvalue weighted by Gasteiger charge is -2.35. The standard InChI is InChI=1S/C15H24N2O3/c1-4-12-10-13(17(3)16-12)11-14(18)15(20-5-2)6-8-19-9-7-15/h10H,4-9,11H2,1-3H3. The van der Waals surface area contributed by atoms with Crippen molar-refractivity contribution in [1.29, 1.82) is 0 Å². The lowest BCUT2D eigenvalue weighted by molar-refractivity contribution is -0.156. The van der Waals surface area contributed by atoms with E-state index in [-0.39, 0.29) is 5.78 Å². The van der Waals surface area contributed by atoms with Gasteiger partial charge in [-0.15, -0.1) is 0 Å². The number of aromatic nitrogens is 2. The Morgan fingerprint density at radius 2 is 2.15 bits per heavy atom. The molecular weight excluding hydrogens is 256 g/mol. The SMILES string of the molecule is CCOC1(C(=O)Cc2cc(CC)nn2C)CCOCC1. The molecule has 0 amide bonds. The molecule has 1 saturated heterocycles. The van der Waals surface area contributed by atoms with Gasteiger partial charge in [-0.25, -0.2) is 0 Å². The van der Waals surface area contributed by atoms with Gasteiger partial charge in [0.15, 0.2) is 5.78 Å². The zero-order valence-electron chi connectivity index (χ0n) is 12.6. The van der Waals surface area contributed by atoms with Crippen LogP contribution in [0.3, 0.4) is 0 Å². The molecule has 1 fully saturated rings. The highest BCUT2D eigenvalue weighted by Gasteiger charge is 2.40. The Hall–Kier alpha value is -1.20. The molecule has 0 saturated carbocycles. The van der Waals surface area contributed by atoms with E-state index in [2.05, 4.69) is 12.0 Å². The van der Waals surface area contributed by atoms with Crippen LogP contribution in [0.4, 0.5) is 0 Å². The molecule has 2 rings (SSSR count). The molecule has 112 valence electrons. The van der Waals surface area contributed by atoms with Gasteiger partial charge in [-0.2, -0.15) is 5.10 Å². The van der Waals surface area contributed by atoms with Gasteiger partial charge in [-0.3, -0.25) is 9.48 Å². The van der Waals surface area contributed by atoms with Crippen molar-refractivity contribution >= 4 is 5.78 Å². The number of carbonyl (C=O) groups is 1. The van der Waals surface area contributed by atoms with Crippen molar-refractivity contribution in [3.63, 3.8) is 0 Å². The number of ketones is 1. The van der Waals surface area contributed by atoms with Crippen LogP contribution in [0, 0.1) is 0 Å². The molecule has 0 aliphatic carbocycles. The third-order valence-corrected chi connectivity index (χ3v) is 3.96. The van der Waals surface area contributed by atoms with E-state index in [9.17, 15) is 4.79 Å². The van der Waals surface area contributed by atoms with Crippen LogP contribution in [-0.2, 0) is 34.2 Å². The monoisotopic (exact) mass is 280 g/mol. The van der Waals surface area contributed by atoms with Gasteiger partial charge >= 0.3 is 0 Å². The molecule has 0 radical (unpaired) electrons. The van der Waals surface area contributed by atoms with Crippen LogP contribution < -0.4 is 0 Å². The van der Waals surface area contributed by atoms with Crippen molar-refractivity contribution in [2.45, 2.75) is 45.1 Å². The normalized spacial score (nSPS) is 18.1. The number of nitrogens with zero attached hydrogens (tertiary/aromatic N) is 2. The summed E-state index contributed by atoms with van der Waals surface area (Å²) in [5, 5.41) is 4.39. The van der Waals surface area contributed by atoms with E-state index in [0.717, 1.165) is 17.8 Å². The number of rotatable bonds is 6. The van der Waals surface area contributed by atoms with Gasteiger partial charge in [-0.1, -0.05) is 6.92 Å². The van der Waals surface area contributed by atoms with Crippen molar-refractivity contribution in [3.05, 3.63) is 17.5 Å². The van der Waals surface area contributed by atoms with Gasteiger partial charge < -0.3 is 9.47 Å². The zero-order chi connectivity index (χ0) is 14.6. The Bertz CT molecular complexity index is 456. The van der Waals surface area contributed by atoms with E-state index >= 15 is 0 Å². The summed E-state index contributed by atoms with van der Waals surface area (Å²) in [6, 6.07) is 2.01. The molecule has 20 heavy (non-hydrogen) atoms. The van der Waals surface area contributed by atoms with Crippen molar-refractivity contribution in [2.24, 2.45) is 7.05 Å². The number of ether oxygens (including phenoxy) is 2. The molecule has 0 spiro atoms. The summed E-state index contributed by atoms with van der Waals surface area (Å²) in [6.07, 6.45) is 2.56. The quantitative estimate of drug-likeness (QED) is 0.795. The average molecular weight is 280 g/mol. The average Bonchev–Trinajstić information content (AvgIpc) is 2.81. The largest absolute Gasteiger partial charge is 0.381 e. The second-order valence-corrected chi connectivity index (χ2v) is 5.24. The maximum absolute atomic E-state index is 12.7. The van der Waals surface area contributed by atoms with E-state index in [1.54, 1.807) is 4.68 Å². The number of aryl methyl sites for hydroxylation is 2. The number of hydrogen-bond acceptors (Lipinski definition) is 4. The van der Waals surface area contributed by atoms with Crippen LogP contribution in [0.1, 0.15) is 38.1 Å². The fourth-order valence-corrected chi connectivity index (χ4v) is 2.72. The summed E-state index contributed by atoms with van der Waals surface area (Å²) in [4.78, 5) is 12.7. The first kappa shape index (κ1) is 15.2. The van der Waals surface area contributed by atoms with E-state index in [1.165, 1.54) is 0 Å². The predicted molar refractivity (Wildman–Crippen MR) is 75.7 cm³/mol. The van der Waals surface area contributed by atoms with Gasteiger partial charge in [-0.05, 0) is 19.4 Å². The minimum Gasteiger partial charge on any atom is -0.381 e. The van der Waals surface area contributed by atoms with E-state index < -0.39 is 5.60 Å². The first-order valence-electron chi connectivity index (χ1n) is 7.38. The summed E-state index contributed by atoms with van der Waals surface area (Å²) in [7, 11) is 1.89. The fraction of sp³-hybridized carbons (Fsp3) is 0.733. The Kier molecular flexibility index (Phi) is 4.94. The van der Waals surface area contributed by atoms with Gasteiger partial charge in [0.2, 0.25) is 0 Å². The molecule has 2 heterocycles. The molecule has 1 aromatic heterocycles. The lowest BCUT2D eigenvalue weighted by atomic mass is 9.87. The summed E-state index contributed by atoms with van der Waals surface area (Å²) >= 11 is 0. The zero-order valence-corrected chi connectivity index (χ0v) is 12.6. The molecule has 5 nitrogen and oxygen atoms in total. The minimum absolute atomic E-state index is 0.147. The summed E-state index contributed by atoms with van der Waals surface area (Å²) in [5.41, 5.74) is 1.31. The molecule has 1 aliphatic rings. The maximum Gasteiger partial charge on any atom is 0.170 e. The van der Waals surface area contributed by atoms with Crippen molar-refractivity contribution in [2.75, 3.05) is 19.8 Å². The third-order valence-electron chi connectivity index (χ3n) is 3.96. The van der Waals surface area contributed by atoms with Crippen LogP contribution >= 0.6 is 0 Å². The van der Waals surface area contributed by atoms with Crippen LogP contribution in [0.25, 0.3) is 0 Å². The summed E-state index contributed by atoms with van der Waals surface area (Å²) in [5.74, 6) is 0.147. The lowest BCUT2D eigenvalue weighted by Crippen LogP contribution is -2.47. The van der Waals surface area contributed by atoms with Gasteiger partial charge in [0.25, 0.3) is 0 Å². The number of carbonyl (C=O) groups excluding carboxylic acids is 1. The molecule has 0 aromatic carbocycles. The highest BCUT2D eigenvalue weighted by molar-refractivity contribution is 5.89. The van der Waals surface area contributed by atoms with Crippen molar-refractivity contribution in [1.82, 2.24) is 9.78 Å². The third kappa shape index (κ3) is 3.10. The number of Topliss-reactive ketones (excluding diaryl/α,β-unsaturated/α-hetero) is 1. The summed E-state index contributed by atoms with van der Waals surface area (Å²) in [6.45, 7) is 5.74. The fourth-order valence-electron chi connectivity index (χ4n) is 2.72. The second-order valence-electron chi connectivity index (χ2n) is 5.24. The second kappa shape index (κ2) is 6.50. The van der Waals surface area contributed by atoms with Crippen LogP contribution in [0.5, 0.6) is 0 Å². The first-order chi connectivity index (χ1) is 9.61. The molecular formula is C15H24N2O3. The van der Waals surface area contributed by atoms with E-state index in [1.807, 2.05) is 20.0 Å². The van der Waals surface area contributed by atoms with Gasteiger partial charge in [0, 0.05) is 45.4 Å². The maximum atomic E-state index is 12.7. The first-order valence-corrected chi connectivity index (χ1v) is 7.38. The van der Waals surface area contributed by atoms with E-state index in [0.29, 0.717) is 39.1 Å². The Labute approximate surface area is 120 Å². The predicted octanol–water partition coefficient (Wildman–Crippen LogP) is 1.68. The van der Waals surface area contributed by atoms with Crippen LogP contribution in [0.2, 0.25) is 0 Å². The van der Waals surface area contributed by atoms with Crippen LogP contribution in [-0.4, -0.2) is 41.0 Å². The van der Waals surface area contributed by atoms with E-state index in [4.69, 9.17) is 9.47 Å². The highest BCUT2D eigenvalue weighted by Crippen LogP contribution is 2.28. The molecule has 5 heteroatoms. The molecule has 0 N–H and O–H groups in total. The smallest absolute Gasteiger partial charge is 0.170 e.